The molecule has 10 nitrogen and oxygen atoms in total. The van der Waals surface area contributed by atoms with Crippen molar-refractivity contribution in [2.45, 2.75) is 16.1 Å². The topological polar surface area (TPSA) is 137 Å². The monoisotopic (exact) mass is 489 g/mol. The van der Waals surface area contributed by atoms with E-state index in [1.165, 1.54) is 50.6 Å². The van der Waals surface area contributed by atoms with Gasteiger partial charge in [-0.05, 0) is 37.4 Å². The van der Waals surface area contributed by atoms with Crippen LogP contribution in [0.25, 0.3) is 5.69 Å². The van der Waals surface area contributed by atoms with Gasteiger partial charge in [0.1, 0.15) is 22.9 Å². The summed E-state index contributed by atoms with van der Waals surface area (Å²) in [4.78, 5) is 22.4. The second kappa shape index (κ2) is 10.3. The molecule has 0 fully saturated rings. The van der Waals surface area contributed by atoms with Crippen LogP contribution in [-0.2, 0) is 24.2 Å². The Balaban J connectivity index is 2.14. The van der Waals surface area contributed by atoms with Crippen LogP contribution in [0.4, 0.5) is 4.39 Å². The Morgan fingerprint density at radius 3 is 2.53 bits per heavy atom. The number of carboxylic acids is 1. The summed E-state index contributed by atoms with van der Waals surface area (Å²) in [6.07, 6.45) is 0.0124. The normalized spacial score (nSPS) is 12.4. The highest BCUT2D eigenvalue weighted by Crippen LogP contribution is 2.29. The van der Waals surface area contributed by atoms with E-state index in [9.17, 15) is 22.4 Å². The Morgan fingerprint density at radius 1 is 1.15 bits per heavy atom. The largest absolute Gasteiger partial charge is 0.497 e. The first-order valence-electron chi connectivity index (χ1n) is 9.70. The van der Waals surface area contributed by atoms with Gasteiger partial charge in [-0.15, -0.1) is 0 Å². The van der Waals surface area contributed by atoms with Gasteiger partial charge < -0.3 is 14.6 Å². The van der Waals surface area contributed by atoms with Crippen molar-refractivity contribution < 1.29 is 37.0 Å². The number of halogens is 1. The Hall–Kier alpha value is -4.03. The molecule has 3 aromatic rings. The van der Waals surface area contributed by atoms with E-state index in [1.54, 1.807) is 6.07 Å². The summed E-state index contributed by atoms with van der Waals surface area (Å²) < 4.78 is 52.7. The highest BCUT2D eigenvalue weighted by Gasteiger charge is 2.29. The van der Waals surface area contributed by atoms with E-state index in [4.69, 9.17) is 14.6 Å². The molecule has 2 aromatic carbocycles. The lowest BCUT2D eigenvalue weighted by Crippen LogP contribution is -2.23. The van der Waals surface area contributed by atoms with E-state index < -0.39 is 38.8 Å². The van der Waals surface area contributed by atoms with Gasteiger partial charge in [0.2, 0.25) is 9.84 Å². The third-order valence-corrected chi connectivity index (χ3v) is 6.25. The number of hydrogen-bond donors (Lipinski definition) is 2. The van der Waals surface area contributed by atoms with Crippen LogP contribution in [0.2, 0.25) is 0 Å². The van der Waals surface area contributed by atoms with Gasteiger partial charge in [0, 0.05) is 18.2 Å². The third kappa shape index (κ3) is 5.30. The summed E-state index contributed by atoms with van der Waals surface area (Å²) >= 11 is 0. The molecule has 0 spiro atoms. The number of methoxy groups -OCH3 is 1. The van der Waals surface area contributed by atoms with Crippen LogP contribution in [0, 0.1) is 5.82 Å². The number of nitrogens with one attached hydrogen (secondary N) is 1. The van der Waals surface area contributed by atoms with Crippen molar-refractivity contribution in [3.8, 4) is 11.4 Å². The zero-order valence-electron chi connectivity index (χ0n) is 18.0. The average molecular weight is 489 g/mol. The Labute approximate surface area is 194 Å². The number of nitrogens with zero attached hydrogens (tertiary/aromatic N) is 2. The number of esters is 1. The zero-order chi connectivity index (χ0) is 24.9. The van der Waals surface area contributed by atoms with Gasteiger partial charge in [-0.2, -0.15) is 5.10 Å². The molecule has 0 saturated heterocycles. The van der Waals surface area contributed by atoms with Gasteiger partial charge in [0.15, 0.2) is 11.3 Å². The summed E-state index contributed by atoms with van der Waals surface area (Å²) in [5.74, 6) is -2.81. The summed E-state index contributed by atoms with van der Waals surface area (Å²) in [6.45, 7) is 0. The van der Waals surface area contributed by atoms with Crippen LogP contribution in [0.5, 0.6) is 5.75 Å². The summed E-state index contributed by atoms with van der Waals surface area (Å²) in [5, 5.41) is 15.1. The van der Waals surface area contributed by atoms with E-state index >= 15 is 0 Å². The number of benzene rings is 2. The molecule has 1 heterocycles. The SMILES string of the molecule is CNC(OC(=O)/C=C/C(=O)O)c1cc(S(=O)(=O)c2cccc(OC)c2)n(-c2ccccc2F)n1. The first-order valence-corrected chi connectivity index (χ1v) is 11.2. The van der Waals surface area contributed by atoms with Gasteiger partial charge in [-0.25, -0.2) is 27.1 Å². The molecule has 12 heteroatoms. The fraction of sp³-hybridized carbons (Fsp3) is 0.136. The van der Waals surface area contributed by atoms with Crippen molar-refractivity contribution >= 4 is 21.8 Å². The quantitative estimate of drug-likeness (QED) is 0.263. The van der Waals surface area contributed by atoms with E-state index in [0.29, 0.717) is 17.9 Å². The minimum atomic E-state index is -4.24. The Bertz CT molecular complexity index is 1350. The van der Waals surface area contributed by atoms with Crippen LogP contribution in [-0.4, -0.2) is 49.4 Å². The van der Waals surface area contributed by atoms with Gasteiger partial charge >= 0.3 is 11.9 Å². The summed E-state index contributed by atoms with van der Waals surface area (Å²) in [5.41, 5.74) is -0.216. The molecule has 0 aliphatic carbocycles. The molecule has 0 aliphatic rings. The number of rotatable bonds is 9. The van der Waals surface area contributed by atoms with Gasteiger partial charge in [-0.1, -0.05) is 18.2 Å². The van der Waals surface area contributed by atoms with Gasteiger partial charge in [0.05, 0.1) is 12.0 Å². The van der Waals surface area contributed by atoms with E-state index in [1.807, 2.05) is 0 Å². The molecule has 0 amide bonds. The maximum atomic E-state index is 14.6. The zero-order valence-corrected chi connectivity index (χ0v) is 18.8. The minimum absolute atomic E-state index is 0.0655. The fourth-order valence-electron chi connectivity index (χ4n) is 2.95. The molecule has 178 valence electrons. The van der Waals surface area contributed by atoms with Gasteiger partial charge in [0.25, 0.3) is 0 Å². The first kappa shape index (κ1) is 24.6. The molecule has 1 unspecified atom stereocenters. The molecule has 1 aromatic heterocycles. The highest BCUT2D eigenvalue weighted by atomic mass is 32.2. The molecule has 2 N–H and O–H groups in total. The Kier molecular flexibility index (Phi) is 7.44. The fourth-order valence-corrected chi connectivity index (χ4v) is 4.36. The molecule has 0 bridgehead atoms. The van der Waals surface area contributed by atoms with Crippen LogP contribution < -0.4 is 10.1 Å². The van der Waals surface area contributed by atoms with Crippen molar-refractivity contribution in [1.82, 2.24) is 15.1 Å². The number of para-hydroxylation sites is 1. The maximum Gasteiger partial charge on any atom is 0.332 e. The predicted octanol–water partition coefficient (Wildman–Crippen LogP) is 2.25. The number of hydrogen-bond acceptors (Lipinski definition) is 8. The second-order valence-electron chi connectivity index (χ2n) is 6.73. The van der Waals surface area contributed by atoms with Crippen molar-refractivity contribution in [1.29, 1.82) is 0 Å². The number of aromatic nitrogens is 2. The van der Waals surface area contributed by atoms with Crippen LogP contribution in [0.15, 0.2) is 76.7 Å². The average Bonchev–Trinajstić information content (AvgIpc) is 3.27. The lowest BCUT2D eigenvalue weighted by atomic mass is 10.3. The molecule has 3 rings (SSSR count). The van der Waals surface area contributed by atoms with Crippen molar-refractivity contribution in [3.05, 3.63) is 78.3 Å². The number of carbonyl (C=O) groups is 2. The number of ether oxygens (including phenoxy) is 2. The number of aliphatic carboxylic acids is 1. The summed E-state index contributed by atoms with van der Waals surface area (Å²) in [6, 6.07) is 12.3. The molecule has 0 saturated carbocycles. The van der Waals surface area contributed by atoms with E-state index in [2.05, 4.69) is 10.4 Å². The van der Waals surface area contributed by atoms with Crippen molar-refractivity contribution in [3.63, 3.8) is 0 Å². The van der Waals surface area contributed by atoms with Crippen molar-refractivity contribution in [2.75, 3.05) is 14.2 Å². The number of sulfone groups is 1. The summed E-state index contributed by atoms with van der Waals surface area (Å²) in [7, 11) is -1.44. The lowest BCUT2D eigenvalue weighted by molar-refractivity contribution is -0.145. The highest BCUT2D eigenvalue weighted by molar-refractivity contribution is 7.91. The molecule has 0 radical (unpaired) electrons. The van der Waals surface area contributed by atoms with Gasteiger partial charge in [-0.3, -0.25) is 5.32 Å². The van der Waals surface area contributed by atoms with Crippen LogP contribution in [0.1, 0.15) is 11.9 Å². The minimum Gasteiger partial charge on any atom is -0.497 e. The van der Waals surface area contributed by atoms with E-state index in [0.717, 1.165) is 16.8 Å². The molecular weight excluding hydrogens is 469 g/mol. The molecule has 34 heavy (non-hydrogen) atoms. The molecule has 1 atom stereocenters. The smallest absolute Gasteiger partial charge is 0.332 e. The molecule has 0 aliphatic heterocycles. The molecular formula is C22H20FN3O7S. The number of carbonyl (C=O) groups excluding carboxylic acids is 1. The predicted molar refractivity (Wildman–Crippen MR) is 117 cm³/mol. The lowest BCUT2D eigenvalue weighted by Gasteiger charge is -2.13. The second-order valence-corrected chi connectivity index (χ2v) is 8.63. The van der Waals surface area contributed by atoms with Crippen LogP contribution in [0.3, 0.4) is 0 Å². The van der Waals surface area contributed by atoms with E-state index in [-0.39, 0.29) is 16.3 Å². The standard InChI is InChI=1S/C22H20FN3O7S/c1-24-22(33-21(29)11-10-20(27)28)17-13-19(26(25-17)18-9-4-3-8-16(18)23)34(30,31)15-7-5-6-14(12-15)32-2/h3-13,22,24H,1-2H3,(H,27,28)/b11-10+. The van der Waals surface area contributed by atoms with Crippen molar-refractivity contribution in [2.24, 2.45) is 0 Å². The maximum absolute atomic E-state index is 14.6. The Morgan fingerprint density at radius 2 is 1.88 bits per heavy atom. The first-order chi connectivity index (χ1) is 16.2. The number of carboxylic acid groups (broad SMARTS) is 1. The van der Waals surface area contributed by atoms with Crippen LogP contribution >= 0.6 is 0 Å². The third-order valence-electron chi connectivity index (χ3n) is 4.53.